The Balaban J connectivity index is 2.03. The first kappa shape index (κ1) is 27.7. The van der Waals surface area contributed by atoms with Crippen molar-refractivity contribution < 1.29 is 29.0 Å². The lowest BCUT2D eigenvalue weighted by atomic mass is 9.63. The monoisotopic (exact) mass is 621 g/mol. The molecule has 3 aliphatic rings. The number of aliphatic carboxylic acids is 1. The topological polar surface area (TPSA) is 93.1 Å². The number of hydrogen-bond donors (Lipinski definition) is 1. The third-order valence-corrected chi connectivity index (χ3v) is 8.07. The molecule has 0 saturated carbocycles. The van der Waals surface area contributed by atoms with Gasteiger partial charge in [-0.3, -0.25) is 14.4 Å². The summed E-state index contributed by atoms with van der Waals surface area (Å²) in [5.74, 6) is -0.387. The lowest BCUT2D eigenvalue weighted by Crippen LogP contribution is -2.45. The van der Waals surface area contributed by atoms with Crippen LogP contribution in [0.5, 0.6) is 11.5 Å². The molecule has 8 heteroatoms. The fourth-order valence-corrected chi connectivity index (χ4v) is 6.79. The second-order valence-corrected chi connectivity index (χ2v) is 12.9. The summed E-state index contributed by atoms with van der Waals surface area (Å²) in [6.07, 6.45) is 1.82. The smallest absolute Gasteiger partial charge is 0.323 e. The van der Waals surface area contributed by atoms with E-state index in [-0.39, 0.29) is 28.9 Å². The van der Waals surface area contributed by atoms with Gasteiger partial charge in [-0.15, -0.1) is 0 Å². The predicted molar refractivity (Wildman–Crippen MR) is 149 cm³/mol. The van der Waals surface area contributed by atoms with Crippen molar-refractivity contribution in [1.82, 2.24) is 4.90 Å². The number of allylic oxidation sites excluding steroid dienone is 4. The zero-order valence-electron chi connectivity index (χ0n) is 22.5. The van der Waals surface area contributed by atoms with Gasteiger partial charge in [0.2, 0.25) is 0 Å². The van der Waals surface area contributed by atoms with Crippen molar-refractivity contribution in [3.8, 4) is 11.5 Å². The van der Waals surface area contributed by atoms with E-state index in [9.17, 15) is 19.5 Å². The average molecular weight is 622 g/mol. The van der Waals surface area contributed by atoms with E-state index in [0.29, 0.717) is 61.5 Å². The van der Waals surface area contributed by atoms with Gasteiger partial charge < -0.3 is 19.5 Å². The van der Waals surface area contributed by atoms with E-state index >= 15 is 0 Å². The van der Waals surface area contributed by atoms with Crippen molar-refractivity contribution >= 4 is 40.1 Å². The largest absolute Gasteiger partial charge is 0.490 e. The molecule has 1 N–H and O–H groups in total. The zero-order valence-corrected chi connectivity index (χ0v) is 24.7. The first-order chi connectivity index (χ1) is 17.3. The van der Waals surface area contributed by atoms with Crippen LogP contribution in [0.25, 0.3) is 0 Å². The van der Waals surface area contributed by atoms with E-state index in [0.717, 1.165) is 20.5 Å². The van der Waals surface area contributed by atoms with Gasteiger partial charge in [-0.1, -0.05) is 27.7 Å². The molecule has 0 bridgehead atoms. The van der Waals surface area contributed by atoms with Crippen molar-refractivity contribution in [3.05, 3.63) is 43.8 Å². The van der Waals surface area contributed by atoms with Gasteiger partial charge in [0.15, 0.2) is 23.1 Å². The molecule has 0 atom stereocenters. The number of rotatable bonds is 7. The van der Waals surface area contributed by atoms with Crippen molar-refractivity contribution in [1.29, 1.82) is 0 Å². The van der Waals surface area contributed by atoms with Crippen LogP contribution >= 0.6 is 22.6 Å². The molecule has 1 aliphatic heterocycles. The van der Waals surface area contributed by atoms with Crippen molar-refractivity contribution in [3.63, 3.8) is 0 Å². The number of halogens is 1. The molecule has 2 aliphatic carbocycles. The van der Waals surface area contributed by atoms with Gasteiger partial charge in [-0.05, 0) is 77.8 Å². The van der Waals surface area contributed by atoms with Crippen LogP contribution in [-0.2, 0) is 14.4 Å². The van der Waals surface area contributed by atoms with Gasteiger partial charge in [-0.2, -0.15) is 0 Å². The average Bonchev–Trinajstić information content (AvgIpc) is 2.75. The highest BCUT2D eigenvalue weighted by Gasteiger charge is 2.49. The third kappa shape index (κ3) is 5.31. The Labute approximate surface area is 232 Å². The van der Waals surface area contributed by atoms with Gasteiger partial charge in [0.1, 0.15) is 6.54 Å². The summed E-state index contributed by atoms with van der Waals surface area (Å²) in [6, 6.07) is 3.87. The molecule has 0 saturated heterocycles. The van der Waals surface area contributed by atoms with Crippen LogP contribution in [0.1, 0.15) is 78.7 Å². The first-order valence-electron chi connectivity index (χ1n) is 12.9. The maximum absolute atomic E-state index is 13.8. The van der Waals surface area contributed by atoms with Gasteiger partial charge in [0.25, 0.3) is 0 Å². The van der Waals surface area contributed by atoms with Gasteiger partial charge in [0, 0.05) is 41.3 Å². The number of nitrogens with zero attached hydrogens (tertiary/aromatic N) is 1. The summed E-state index contributed by atoms with van der Waals surface area (Å²) < 4.78 is 12.7. The quantitative estimate of drug-likeness (QED) is 0.382. The van der Waals surface area contributed by atoms with Crippen molar-refractivity contribution in [2.75, 3.05) is 19.8 Å². The molecule has 0 spiro atoms. The highest BCUT2D eigenvalue weighted by molar-refractivity contribution is 14.1. The Morgan fingerprint density at radius 3 is 1.92 bits per heavy atom. The molecule has 1 heterocycles. The Hall–Kier alpha value is -2.36. The Kier molecular flexibility index (Phi) is 7.53. The molecule has 37 heavy (non-hydrogen) atoms. The molecule has 0 amide bonds. The predicted octanol–water partition coefficient (Wildman–Crippen LogP) is 5.86. The number of ether oxygens (including phenoxy) is 2. The highest BCUT2D eigenvalue weighted by Crippen LogP contribution is 2.55. The standard InChI is InChI=1S/C29H36INO6/c1-7-36-22-10-16(9-17(30)27(22)37-8-2)24-25-18(11-28(3,4)13-20(25)32)31(15-23(34)35)19-12-29(5,6)14-21(33)26(19)24/h9-10,24H,7-8,11-15H2,1-6H3,(H,34,35). The number of carbonyl (C=O) groups is 3. The van der Waals surface area contributed by atoms with E-state index in [4.69, 9.17) is 9.47 Å². The van der Waals surface area contributed by atoms with E-state index in [1.807, 2.05) is 53.7 Å². The molecule has 200 valence electrons. The molecule has 0 unspecified atom stereocenters. The summed E-state index contributed by atoms with van der Waals surface area (Å²) in [7, 11) is 0. The minimum absolute atomic E-state index is 0.0299. The molecular formula is C29H36INO6. The van der Waals surface area contributed by atoms with E-state index in [1.165, 1.54) is 0 Å². The number of carboxylic acid groups (broad SMARTS) is 1. The second kappa shape index (κ2) is 10.1. The zero-order chi connectivity index (χ0) is 27.3. The van der Waals surface area contributed by atoms with E-state index < -0.39 is 11.9 Å². The summed E-state index contributed by atoms with van der Waals surface area (Å²) in [6.45, 7) is 12.6. The molecule has 0 fully saturated rings. The Morgan fingerprint density at radius 2 is 1.46 bits per heavy atom. The molecule has 1 aromatic rings. The Bertz CT molecular complexity index is 1170. The van der Waals surface area contributed by atoms with E-state index in [1.54, 1.807) is 4.90 Å². The number of Topliss-reactive ketones (excluding diaryl/α,β-unsaturated/α-hetero) is 2. The molecular weight excluding hydrogens is 585 g/mol. The number of benzene rings is 1. The number of carboxylic acids is 1. The number of carbonyl (C=O) groups excluding carboxylic acids is 2. The fourth-order valence-electron chi connectivity index (χ4n) is 6.01. The van der Waals surface area contributed by atoms with Crippen LogP contribution in [0, 0.1) is 14.4 Å². The maximum atomic E-state index is 13.8. The second-order valence-electron chi connectivity index (χ2n) is 11.7. The molecule has 0 radical (unpaired) electrons. The summed E-state index contributed by atoms with van der Waals surface area (Å²) in [4.78, 5) is 41.4. The highest BCUT2D eigenvalue weighted by atomic mass is 127. The van der Waals surface area contributed by atoms with Crippen molar-refractivity contribution in [2.24, 2.45) is 10.8 Å². The van der Waals surface area contributed by atoms with Crippen LogP contribution in [-0.4, -0.2) is 47.3 Å². The lowest BCUT2D eigenvalue weighted by Gasteiger charge is -2.48. The SMILES string of the molecule is CCOc1cc(C2C3=C(CC(C)(C)CC3=O)N(CC(=O)O)C3=C2C(=O)CC(C)(C)C3)cc(I)c1OCC. The lowest BCUT2D eigenvalue weighted by molar-refractivity contribution is -0.138. The van der Waals surface area contributed by atoms with Gasteiger partial charge >= 0.3 is 5.97 Å². The maximum Gasteiger partial charge on any atom is 0.323 e. The number of ketones is 2. The molecule has 0 aromatic heterocycles. The van der Waals surface area contributed by atoms with Crippen LogP contribution in [0.2, 0.25) is 0 Å². The summed E-state index contributed by atoms with van der Waals surface area (Å²) in [5, 5.41) is 9.85. The van der Waals surface area contributed by atoms with Crippen LogP contribution < -0.4 is 9.47 Å². The first-order valence-corrected chi connectivity index (χ1v) is 14.0. The normalized spacial score (nSPS) is 21.1. The summed E-state index contributed by atoms with van der Waals surface area (Å²) in [5.41, 5.74) is 2.75. The third-order valence-electron chi connectivity index (χ3n) is 7.27. The van der Waals surface area contributed by atoms with Crippen LogP contribution in [0.15, 0.2) is 34.7 Å². The minimum Gasteiger partial charge on any atom is -0.490 e. The fraction of sp³-hybridized carbons (Fsp3) is 0.552. The molecule has 4 rings (SSSR count). The van der Waals surface area contributed by atoms with E-state index in [2.05, 4.69) is 22.6 Å². The number of hydrogen-bond acceptors (Lipinski definition) is 6. The Morgan fingerprint density at radius 1 is 0.946 bits per heavy atom. The van der Waals surface area contributed by atoms with Gasteiger partial charge in [0.05, 0.1) is 16.8 Å². The van der Waals surface area contributed by atoms with Crippen LogP contribution in [0.4, 0.5) is 0 Å². The van der Waals surface area contributed by atoms with Gasteiger partial charge in [-0.25, -0.2) is 0 Å². The van der Waals surface area contributed by atoms with Crippen molar-refractivity contribution in [2.45, 2.75) is 73.1 Å². The minimum atomic E-state index is -0.988. The molecule has 7 nitrogen and oxygen atoms in total. The summed E-state index contributed by atoms with van der Waals surface area (Å²) >= 11 is 2.21. The molecule has 1 aromatic carbocycles. The van der Waals surface area contributed by atoms with Crippen LogP contribution in [0.3, 0.4) is 0 Å².